The standard InChI is InChI=1S/C26H20N2O7/c1-34-22-14-17(9-12-21(22)35-15-16-7-10-18(11-8-16)25(31)32)13-20-23(29)27-26(33)28(24(20)30)19-5-3-2-4-6-19/h2-14H,15H2,1H3,(H,31,32)(H,27,29,33)/p-1/b20-13+. The quantitative estimate of drug-likeness (QED) is 0.414. The topological polar surface area (TPSA) is 125 Å². The van der Waals surface area contributed by atoms with Crippen LogP contribution in [0.15, 0.2) is 78.4 Å². The fraction of sp³-hybridized carbons (Fsp3) is 0.0769. The van der Waals surface area contributed by atoms with Gasteiger partial charge in [-0.05, 0) is 47.0 Å². The largest absolute Gasteiger partial charge is 0.545 e. The molecule has 0 unspecified atom stereocenters. The number of carbonyl (C=O) groups excluding carboxylic acids is 4. The molecule has 1 aliphatic heterocycles. The molecule has 0 spiro atoms. The number of methoxy groups -OCH3 is 1. The number of hydrogen-bond acceptors (Lipinski definition) is 7. The number of nitrogens with one attached hydrogen (secondary N) is 1. The average molecular weight is 471 g/mol. The Balaban J connectivity index is 1.55. The van der Waals surface area contributed by atoms with Gasteiger partial charge in [-0.3, -0.25) is 14.9 Å². The zero-order valence-corrected chi connectivity index (χ0v) is 18.5. The molecular weight excluding hydrogens is 452 g/mol. The third kappa shape index (κ3) is 5.03. The maximum absolute atomic E-state index is 13.0. The first-order chi connectivity index (χ1) is 16.9. The zero-order chi connectivity index (χ0) is 24.9. The van der Waals surface area contributed by atoms with Crippen LogP contribution in [-0.4, -0.2) is 30.9 Å². The van der Waals surface area contributed by atoms with E-state index in [2.05, 4.69) is 5.32 Å². The molecule has 9 heteroatoms. The molecule has 1 aliphatic rings. The highest BCUT2D eigenvalue weighted by molar-refractivity contribution is 6.39. The van der Waals surface area contributed by atoms with Gasteiger partial charge < -0.3 is 19.4 Å². The van der Waals surface area contributed by atoms with Crippen LogP contribution in [0.25, 0.3) is 6.08 Å². The van der Waals surface area contributed by atoms with Crippen molar-refractivity contribution in [2.24, 2.45) is 0 Å². The molecule has 1 N–H and O–H groups in total. The number of urea groups is 1. The van der Waals surface area contributed by atoms with Crippen LogP contribution >= 0.6 is 0 Å². The summed E-state index contributed by atoms with van der Waals surface area (Å²) in [7, 11) is 1.45. The fourth-order valence-corrected chi connectivity index (χ4v) is 3.43. The van der Waals surface area contributed by atoms with Gasteiger partial charge in [-0.15, -0.1) is 0 Å². The number of carboxylic acids is 1. The van der Waals surface area contributed by atoms with Gasteiger partial charge in [0, 0.05) is 0 Å². The van der Waals surface area contributed by atoms with Crippen molar-refractivity contribution in [2.45, 2.75) is 6.61 Å². The monoisotopic (exact) mass is 471 g/mol. The van der Waals surface area contributed by atoms with E-state index in [-0.39, 0.29) is 17.7 Å². The van der Waals surface area contributed by atoms with Gasteiger partial charge in [0.15, 0.2) is 11.5 Å². The van der Waals surface area contributed by atoms with Crippen LogP contribution in [0.2, 0.25) is 0 Å². The molecule has 0 aromatic heterocycles. The molecule has 3 aromatic carbocycles. The second-order valence-corrected chi connectivity index (χ2v) is 7.48. The maximum Gasteiger partial charge on any atom is 0.335 e. The number of anilines is 1. The van der Waals surface area contributed by atoms with Crippen molar-refractivity contribution in [3.05, 3.63) is 95.1 Å². The fourth-order valence-electron chi connectivity index (χ4n) is 3.43. The van der Waals surface area contributed by atoms with Crippen LogP contribution in [0.1, 0.15) is 21.5 Å². The van der Waals surface area contributed by atoms with Gasteiger partial charge >= 0.3 is 6.03 Å². The number of barbiturate groups is 1. The van der Waals surface area contributed by atoms with Gasteiger partial charge in [-0.1, -0.05) is 48.5 Å². The van der Waals surface area contributed by atoms with Crippen molar-refractivity contribution >= 4 is 35.6 Å². The third-order valence-corrected chi connectivity index (χ3v) is 5.20. The van der Waals surface area contributed by atoms with E-state index in [4.69, 9.17) is 9.47 Å². The minimum Gasteiger partial charge on any atom is -0.545 e. The summed E-state index contributed by atoms with van der Waals surface area (Å²) >= 11 is 0. The molecular formula is C26H19N2O7-. The number of imide groups is 2. The molecule has 1 heterocycles. The Bertz CT molecular complexity index is 1330. The smallest absolute Gasteiger partial charge is 0.335 e. The lowest BCUT2D eigenvalue weighted by molar-refractivity contribution is -0.255. The molecule has 0 radical (unpaired) electrons. The molecule has 4 amide bonds. The molecule has 35 heavy (non-hydrogen) atoms. The lowest BCUT2D eigenvalue weighted by Gasteiger charge is -2.26. The van der Waals surface area contributed by atoms with Gasteiger partial charge in [-0.25, -0.2) is 9.69 Å². The lowest BCUT2D eigenvalue weighted by Crippen LogP contribution is -2.54. The molecule has 0 atom stereocenters. The summed E-state index contributed by atoms with van der Waals surface area (Å²) in [5, 5.41) is 13.0. The minimum atomic E-state index is -1.26. The Morgan fingerprint density at radius 2 is 1.69 bits per heavy atom. The Labute approximate surface area is 200 Å². The normalized spacial score (nSPS) is 14.6. The van der Waals surface area contributed by atoms with Gasteiger partial charge in [0.05, 0.1) is 18.8 Å². The summed E-state index contributed by atoms with van der Waals surface area (Å²) in [5.41, 5.74) is 1.41. The Hall–Kier alpha value is -4.92. The second kappa shape index (κ2) is 9.92. The maximum atomic E-state index is 13.0. The van der Waals surface area contributed by atoms with Crippen LogP contribution < -0.4 is 24.8 Å². The number of carboxylic acid groups (broad SMARTS) is 1. The average Bonchev–Trinajstić information content (AvgIpc) is 2.86. The predicted octanol–water partition coefficient (Wildman–Crippen LogP) is 2.30. The molecule has 0 bridgehead atoms. The minimum absolute atomic E-state index is 0.0672. The Kier molecular flexibility index (Phi) is 6.59. The van der Waals surface area contributed by atoms with E-state index in [9.17, 15) is 24.3 Å². The molecule has 0 aliphatic carbocycles. The van der Waals surface area contributed by atoms with E-state index in [0.29, 0.717) is 22.7 Å². The van der Waals surface area contributed by atoms with Crippen molar-refractivity contribution in [1.29, 1.82) is 0 Å². The number of carbonyl (C=O) groups is 4. The number of para-hydroxylation sites is 1. The lowest BCUT2D eigenvalue weighted by atomic mass is 10.1. The number of amides is 4. The van der Waals surface area contributed by atoms with Crippen molar-refractivity contribution in [3.8, 4) is 11.5 Å². The number of benzene rings is 3. The number of rotatable bonds is 7. The summed E-state index contributed by atoms with van der Waals surface area (Å²) in [6, 6.07) is 18.4. The second-order valence-electron chi connectivity index (χ2n) is 7.48. The predicted molar refractivity (Wildman–Crippen MR) is 124 cm³/mol. The van der Waals surface area contributed by atoms with Gasteiger partial charge in [0.2, 0.25) is 0 Å². The number of nitrogens with zero attached hydrogens (tertiary/aromatic N) is 1. The highest BCUT2D eigenvalue weighted by Gasteiger charge is 2.36. The van der Waals surface area contributed by atoms with Crippen molar-refractivity contribution < 1.29 is 33.8 Å². The molecule has 176 valence electrons. The number of ether oxygens (including phenoxy) is 2. The van der Waals surface area contributed by atoms with Crippen molar-refractivity contribution in [3.63, 3.8) is 0 Å². The van der Waals surface area contributed by atoms with Crippen LogP contribution in [0.3, 0.4) is 0 Å². The highest BCUT2D eigenvalue weighted by Crippen LogP contribution is 2.30. The molecule has 4 rings (SSSR count). The van der Waals surface area contributed by atoms with Crippen LogP contribution in [0, 0.1) is 0 Å². The first kappa shape index (κ1) is 23.2. The molecule has 3 aromatic rings. The number of aromatic carboxylic acids is 1. The van der Waals surface area contributed by atoms with Crippen LogP contribution in [0.4, 0.5) is 10.5 Å². The summed E-state index contributed by atoms with van der Waals surface area (Å²) in [5.74, 6) is -2.05. The highest BCUT2D eigenvalue weighted by atomic mass is 16.5. The summed E-state index contributed by atoms with van der Waals surface area (Å²) in [6.07, 6.45) is 1.37. The van der Waals surface area contributed by atoms with E-state index in [1.54, 1.807) is 60.7 Å². The summed E-state index contributed by atoms with van der Waals surface area (Å²) in [4.78, 5) is 49.4. The van der Waals surface area contributed by atoms with E-state index in [1.807, 2.05) is 0 Å². The van der Waals surface area contributed by atoms with Gasteiger partial charge in [0.25, 0.3) is 11.8 Å². The SMILES string of the molecule is COc1cc(/C=C2\C(=O)NC(=O)N(c3ccccc3)C2=O)ccc1OCc1ccc(C(=O)[O-])cc1. The number of hydrogen-bond donors (Lipinski definition) is 1. The molecule has 9 nitrogen and oxygen atoms in total. The van der Waals surface area contributed by atoms with Crippen LogP contribution in [0.5, 0.6) is 11.5 Å². The van der Waals surface area contributed by atoms with Gasteiger partial charge in [-0.2, -0.15) is 0 Å². The Morgan fingerprint density at radius 1 is 0.971 bits per heavy atom. The van der Waals surface area contributed by atoms with E-state index < -0.39 is 23.8 Å². The van der Waals surface area contributed by atoms with Crippen molar-refractivity contribution in [2.75, 3.05) is 12.0 Å². The van der Waals surface area contributed by atoms with E-state index in [0.717, 1.165) is 10.5 Å². The molecule has 0 saturated carbocycles. The first-order valence-corrected chi connectivity index (χ1v) is 10.4. The van der Waals surface area contributed by atoms with Crippen LogP contribution in [-0.2, 0) is 16.2 Å². The van der Waals surface area contributed by atoms with Gasteiger partial charge in [0.1, 0.15) is 12.2 Å². The molecule has 1 fully saturated rings. The summed E-state index contributed by atoms with van der Waals surface area (Å²) in [6.45, 7) is 0.152. The Morgan fingerprint density at radius 3 is 2.34 bits per heavy atom. The summed E-state index contributed by atoms with van der Waals surface area (Å²) < 4.78 is 11.2. The third-order valence-electron chi connectivity index (χ3n) is 5.20. The zero-order valence-electron chi connectivity index (χ0n) is 18.5. The molecule has 1 saturated heterocycles. The first-order valence-electron chi connectivity index (χ1n) is 10.4. The van der Waals surface area contributed by atoms with E-state index >= 15 is 0 Å². The van der Waals surface area contributed by atoms with E-state index in [1.165, 1.54) is 25.3 Å². The van der Waals surface area contributed by atoms with Crippen molar-refractivity contribution in [1.82, 2.24) is 5.32 Å².